The normalized spacial score (nSPS) is 18.3. The van der Waals surface area contributed by atoms with Gasteiger partial charge in [-0.3, -0.25) is 4.79 Å². The number of benzene rings is 1. The third kappa shape index (κ3) is 5.49. The molecule has 6 nitrogen and oxygen atoms in total. The van der Waals surface area contributed by atoms with Gasteiger partial charge in [-0.1, -0.05) is 12.1 Å². The summed E-state index contributed by atoms with van der Waals surface area (Å²) in [5.41, 5.74) is 0.929. The van der Waals surface area contributed by atoms with Crippen molar-refractivity contribution in [2.75, 3.05) is 40.0 Å². The molecule has 1 fully saturated rings. The Morgan fingerprint density at radius 3 is 2.32 bits per heavy atom. The largest absolute Gasteiger partial charge is 0.354 e. The minimum Gasteiger partial charge on any atom is -0.354 e. The fraction of sp³-hybridized carbons (Fsp3) is 0.588. The summed E-state index contributed by atoms with van der Waals surface area (Å²) in [5.74, 6) is -0.515. The Balaban J connectivity index is 1.90. The Bertz CT molecular complexity index is 684. The second-order valence-corrected chi connectivity index (χ2v) is 8.69. The fourth-order valence-electron chi connectivity index (χ4n) is 3.07. The lowest BCUT2D eigenvalue weighted by Gasteiger charge is -2.30. The van der Waals surface area contributed by atoms with Crippen LogP contribution in [0.15, 0.2) is 24.3 Å². The summed E-state index contributed by atoms with van der Waals surface area (Å²) in [5, 5.41) is 2.96. The molecule has 2 rings (SSSR count). The lowest BCUT2D eigenvalue weighted by molar-refractivity contribution is -0.126. The molecule has 0 radical (unpaired) electrons. The van der Waals surface area contributed by atoms with Crippen molar-refractivity contribution in [3.63, 3.8) is 0 Å². The van der Waals surface area contributed by atoms with E-state index in [-0.39, 0.29) is 23.7 Å². The number of rotatable bonds is 6. The van der Waals surface area contributed by atoms with Crippen LogP contribution in [0, 0.1) is 11.7 Å². The summed E-state index contributed by atoms with van der Waals surface area (Å²) < 4.78 is 37.6. The zero-order valence-electron chi connectivity index (χ0n) is 14.9. The first-order chi connectivity index (χ1) is 11.7. The predicted octanol–water partition coefficient (Wildman–Crippen LogP) is 1.22. The van der Waals surface area contributed by atoms with Gasteiger partial charge in [0.15, 0.2) is 0 Å². The summed E-state index contributed by atoms with van der Waals surface area (Å²) in [7, 11) is 0.628. The van der Waals surface area contributed by atoms with Crippen molar-refractivity contribution in [2.45, 2.75) is 18.9 Å². The van der Waals surface area contributed by atoms with Crippen LogP contribution >= 0.6 is 0 Å². The predicted molar refractivity (Wildman–Crippen MR) is 95.0 cm³/mol. The zero-order valence-corrected chi connectivity index (χ0v) is 15.7. The number of likely N-dealkylation sites (N-methyl/N-ethyl adjacent to an activating group) is 1. The molecular weight excluding hydrogens is 345 g/mol. The van der Waals surface area contributed by atoms with Gasteiger partial charge in [0.2, 0.25) is 15.9 Å². The maximum Gasteiger partial charge on any atom is 0.223 e. The molecule has 1 aromatic carbocycles. The topological polar surface area (TPSA) is 69.7 Å². The molecule has 0 aromatic heterocycles. The van der Waals surface area contributed by atoms with E-state index in [1.807, 2.05) is 19.0 Å². The number of nitrogens with zero attached hydrogens (tertiary/aromatic N) is 2. The number of sulfonamides is 1. The highest BCUT2D eigenvalue weighted by Gasteiger charge is 2.29. The van der Waals surface area contributed by atoms with Crippen molar-refractivity contribution in [3.8, 4) is 0 Å². The van der Waals surface area contributed by atoms with E-state index < -0.39 is 10.0 Å². The van der Waals surface area contributed by atoms with Gasteiger partial charge in [0.05, 0.1) is 12.3 Å². The number of carbonyl (C=O) groups excluding carboxylic acids is 1. The van der Waals surface area contributed by atoms with Crippen LogP contribution < -0.4 is 5.32 Å². The number of amides is 1. The van der Waals surface area contributed by atoms with E-state index >= 15 is 0 Å². The summed E-state index contributed by atoms with van der Waals surface area (Å²) in [4.78, 5) is 14.4. The minimum absolute atomic E-state index is 0.0536. The Morgan fingerprint density at radius 2 is 1.84 bits per heavy atom. The molecule has 8 heteroatoms. The molecule has 0 aliphatic carbocycles. The van der Waals surface area contributed by atoms with Crippen LogP contribution in [0.25, 0.3) is 0 Å². The van der Waals surface area contributed by atoms with Crippen LogP contribution in [0.5, 0.6) is 0 Å². The van der Waals surface area contributed by atoms with Crippen LogP contribution in [0.1, 0.15) is 24.4 Å². The molecule has 1 aromatic rings. The molecule has 1 saturated heterocycles. The summed E-state index contributed by atoms with van der Waals surface area (Å²) in [6.45, 7) is 1.18. The summed E-state index contributed by atoms with van der Waals surface area (Å²) in [6.07, 6.45) is 2.25. The van der Waals surface area contributed by atoms with Gasteiger partial charge in [-0.05, 0) is 44.6 Å². The first kappa shape index (κ1) is 19.8. The number of halogens is 1. The lowest BCUT2D eigenvalue weighted by Crippen LogP contribution is -2.44. The SMILES string of the molecule is CN(C)C(CNC(=O)C1CCN(S(C)(=O)=O)CC1)c1ccc(F)cc1. The first-order valence-corrected chi connectivity index (χ1v) is 10.2. The van der Waals surface area contributed by atoms with E-state index in [0.717, 1.165) is 5.56 Å². The average Bonchev–Trinajstić information content (AvgIpc) is 2.55. The molecule has 140 valence electrons. The molecule has 0 saturated carbocycles. The van der Waals surface area contributed by atoms with Crippen LogP contribution in [0.3, 0.4) is 0 Å². The van der Waals surface area contributed by atoms with Crippen LogP contribution in [0.2, 0.25) is 0 Å². The number of carbonyl (C=O) groups is 1. The van der Waals surface area contributed by atoms with E-state index in [1.54, 1.807) is 12.1 Å². The molecule has 0 spiro atoms. The van der Waals surface area contributed by atoms with E-state index in [4.69, 9.17) is 0 Å². The van der Waals surface area contributed by atoms with Crippen LogP contribution in [0.4, 0.5) is 4.39 Å². The number of piperidine rings is 1. The van der Waals surface area contributed by atoms with Gasteiger partial charge < -0.3 is 10.2 Å². The highest BCUT2D eigenvalue weighted by molar-refractivity contribution is 7.88. The molecule has 25 heavy (non-hydrogen) atoms. The Hall–Kier alpha value is -1.51. The van der Waals surface area contributed by atoms with Gasteiger partial charge in [-0.25, -0.2) is 17.1 Å². The minimum atomic E-state index is -3.19. The monoisotopic (exact) mass is 371 g/mol. The van der Waals surface area contributed by atoms with Gasteiger partial charge in [0.1, 0.15) is 5.82 Å². The molecule has 1 aliphatic heterocycles. The number of hydrogen-bond donors (Lipinski definition) is 1. The Labute approximate surface area is 149 Å². The van der Waals surface area contributed by atoms with Crippen molar-refractivity contribution < 1.29 is 17.6 Å². The van der Waals surface area contributed by atoms with Crippen LogP contribution in [-0.4, -0.2) is 63.5 Å². The zero-order chi connectivity index (χ0) is 18.6. The van der Waals surface area contributed by atoms with Gasteiger partial charge in [0.25, 0.3) is 0 Å². The number of nitrogens with one attached hydrogen (secondary N) is 1. The molecule has 1 aliphatic rings. The molecule has 0 bridgehead atoms. The van der Waals surface area contributed by atoms with Crippen LogP contribution in [-0.2, 0) is 14.8 Å². The van der Waals surface area contributed by atoms with Crippen molar-refractivity contribution in [1.82, 2.24) is 14.5 Å². The lowest BCUT2D eigenvalue weighted by atomic mass is 9.97. The van der Waals surface area contributed by atoms with E-state index in [0.29, 0.717) is 32.5 Å². The van der Waals surface area contributed by atoms with E-state index in [2.05, 4.69) is 5.32 Å². The first-order valence-electron chi connectivity index (χ1n) is 8.33. The van der Waals surface area contributed by atoms with Gasteiger partial charge in [0, 0.05) is 25.6 Å². The maximum atomic E-state index is 13.1. The van der Waals surface area contributed by atoms with Gasteiger partial charge in [-0.15, -0.1) is 0 Å². The van der Waals surface area contributed by atoms with Crippen molar-refractivity contribution in [1.29, 1.82) is 0 Å². The Morgan fingerprint density at radius 1 is 1.28 bits per heavy atom. The second kappa shape index (κ2) is 8.25. The molecule has 1 amide bonds. The molecule has 1 heterocycles. The highest BCUT2D eigenvalue weighted by Crippen LogP contribution is 2.21. The van der Waals surface area contributed by atoms with Gasteiger partial charge >= 0.3 is 0 Å². The maximum absolute atomic E-state index is 13.1. The average molecular weight is 371 g/mol. The van der Waals surface area contributed by atoms with Crippen molar-refractivity contribution in [3.05, 3.63) is 35.6 Å². The summed E-state index contributed by atoms with van der Waals surface area (Å²) >= 11 is 0. The van der Waals surface area contributed by atoms with E-state index in [1.165, 1.54) is 22.7 Å². The molecule has 1 atom stereocenters. The second-order valence-electron chi connectivity index (χ2n) is 6.71. The molecular formula is C17H26FN3O3S. The molecule has 1 N–H and O–H groups in total. The van der Waals surface area contributed by atoms with Gasteiger partial charge in [-0.2, -0.15) is 0 Å². The smallest absolute Gasteiger partial charge is 0.223 e. The fourth-order valence-corrected chi connectivity index (χ4v) is 3.95. The van der Waals surface area contributed by atoms with E-state index in [9.17, 15) is 17.6 Å². The highest BCUT2D eigenvalue weighted by atomic mass is 32.2. The quantitative estimate of drug-likeness (QED) is 0.816. The number of hydrogen-bond acceptors (Lipinski definition) is 4. The third-order valence-electron chi connectivity index (χ3n) is 4.64. The Kier molecular flexibility index (Phi) is 6.53. The molecule has 1 unspecified atom stereocenters. The third-order valence-corrected chi connectivity index (χ3v) is 5.94. The standard InChI is InChI=1S/C17H26FN3O3S/c1-20(2)16(13-4-6-15(18)7-5-13)12-19-17(22)14-8-10-21(11-9-14)25(3,23)24/h4-7,14,16H,8-12H2,1-3H3,(H,19,22). The van der Waals surface area contributed by atoms with Crippen molar-refractivity contribution >= 4 is 15.9 Å². The summed E-state index contributed by atoms with van der Waals surface area (Å²) in [6, 6.07) is 6.21. The van der Waals surface area contributed by atoms with Crippen molar-refractivity contribution in [2.24, 2.45) is 5.92 Å².